The summed E-state index contributed by atoms with van der Waals surface area (Å²) in [6, 6.07) is 7.05. The molecule has 1 aliphatic carbocycles. The van der Waals surface area contributed by atoms with Gasteiger partial charge in [0, 0.05) is 30.0 Å². The van der Waals surface area contributed by atoms with Crippen LogP contribution in [0.5, 0.6) is 0 Å². The van der Waals surface area contributed by atoms with E-state index in [9.17, 15) is 13.2 Å². The van der Waals surface area contributed by atoms with Gasteiger partial charge >= 0.3 is 0 Å². The monoisotopic (exact) mass is 375 g/mol. The lowest BCUT2D eigenvalue weighted by atomic mass is 9.94. The molecule has 0 bridgehead atoms. The van der Waals surface area contributed by atoms with E-state index in [1.807, 2.05) is 0 Å². The second kappa shape index (κ2) is 6.39. The van der Waals surface area contributed by atoms with Crippen molar-refractivity contribution >= 4 is 26.8 Å². The number of sulfonamides is 1. The highest BCUT2D eigenvalue weighted by Crippen LogP contribution is 2.28. The number of rotatable bonds is 4. The third kappa shape index (κ3) is 3.38. The lowest BCUT2D eigenvalue weighted by Crippen LogP contribution is -2.42. The predicted molar refractivity (Wildman–Crippen MR) is 100 cm³/mol. The number of H-pyrrole nitrogens is 1. The summed E-state index contributed by atoms with van der Waals surface area (Å²) in [5, 5.41) is 3.68. The van der Waals surface area contributed by atoms with E-state index in [1.54, 1.807) is 28.6 Å². The van der Waals surface area contributed by atoms with Crippen molar-refractivity contribution in [3.8, 4) is 0 Å². The second-order valence-electron chi connectivity index (χ2n) is 7.95. The van der Waals surface area contributed by atoms with Gasteiger partial charge in [-0.1, -0.05) is 13.8 Å². The number of aromatic nitrogens is 1. The van der Waals surface area contributed by atoms with E-state index in [-0.39, 0.29) is 11.9 Å². The molecule has 4 rings (SSSR count). The number of amides is 1. The molecule has 6 nitrogen and oxygen atoms in total. The average Bonchev–Trinajstić information content (AvgIpc) is 3.28. The first-order chi connectivity index (χ1) is 12.3. The first kappa shape index (κ1) is 17.5. The maximum Gasteiger partial charge on any atom is 0.267 e. The van der Waals surface area contributed by atoms with Crippen molar-refractivity contribution in [3.05, 3.63) is 30.0 Å². The van der Waals surface area contributed by atoms with Gasteiger partial charge in [-0.05, 0) is 55.4 Å². The normalized spacial score (nSPS) is 24.7. The van der Waals surface area contributed by atoms with E-state index < -0.39 is 10.0 Å². The molecule has 0 spiro atoms. The van der Waals surface area contributed by atoms with Crippen LogP contribution in [0.15, 0.2) is 29.2 Å². The van der Waals surface area contributed by atoms with Crippen molar-refractivity contribution in [2.45, 2.75) is 44.0 Å². The topological polar surface area (TPSA) is 82.3 Å². The van der Waals surface area contributed by atoms with Gasteiger partial charge in [-0.2, -0.15) is 4.31 Å². The number of piperidine rings is 1. The van der Waals surface area contributed by atoms with Crippen molar-refractivity contribution in [2.75, 3.05) is 13.1 Å². The van der Waals surface area contributed by atoms with Crippen LogP contribution in [0.3, 0.4) is 0 Å². The molecule has 1 saturated heterocycles. The summed E-state index contributed by atoms with van der Waals surface area (Å²) in [6.45, 7) is 5.32. The third-order valence-corrected chi connectivity index (χ3v) is 7.05. The maximum atomic E-state index is 13.1. The Balaban J connectivity index is 1.62. The van der Waals surface area contributed by atoms with Gasteiger partial charge < -0.3 is 10.3 Å². The van der Waals surface area contributed by atoms with Gasteiger partial charge in [0.05, 0.1) is 4.90 Å². The number of carbonyl (C=O) groups excluding carboxylic acids is 1. The quantitative estimate of drug-likeness (QED) is 0.862. The summed E-state index contributed by atoms with van der Waals surface area (Å²) < 4.78 is 27.7. The van der Waals surface area contributed by atoms with Crippen LogP contribution in [0, 0.1) is 11.8 Å². The summed E-state index contributed by atoms with van der Waals surface area (Å²) in [4.78, 5) is 15.6. The van der Waals surface area contributed by atoms with E-state index in [0.717, 1.165) is 30.2 Å². The third-order valence-electron chi connectivity index (χ3n) is 5.22. The van der Waals surface area contributed by atoms with Gasteiger partial charge in [0.15, 0.2) is 0 Å². The van der Waals surface area contributed by atoms with Gasteiger partial charge in [-0.15, -0.1) is 0 Å². The minimum atomic E-state index is -3.52. The molecule has 140 valence electrons. The van der Waals surface area contributed by atoms with Crippen molar-refractivity contribution in [1.29, 1.82) is 0 Å². The Hall–Kier alpha value is -1.86. The average molecular weight is 375 g/mol. The second-order valence-corrected chi connectivity index (χ2v) is 9.89. The number of fused-ring (bicyclic) bond motifs is 1. The molecule has 2 heterocycles. The summed E-state index contributed by atoms with van der Waals surface area (Å²) >= 11 is 0. The van der Waals surface area contributed by atoms with Crippen LogP contribution >= 0.6 is 0 Å². The Bertz CT molecular complexity index is 936. The number of benzene rings is 1. The predicted octanol–water partition coefficient (Wildman–Crippen LogP) is 2.73. The zero-order chi connectivity index (χ0) is 18.5. The molecule has 2 N–H and O–H groups in total. The molecule has 26 heavy (non-hydrogen) atoms. The van der Waals surface area contributed by atoms with E-state index in [0.29, 0.717) is 35.5 Å². The molecule has 1 aliphatic heterocycles. The first-order valence-corrected chi connectivity index (χ1v) is 10.7. The Morgan fingerprint density at radius 3 is 2.50 bits per heavy atom. The molecule has 2 fully saturated rings. The standard InChI is InChI=1S/C19H25N3O3S/c1-12-7-13(2)11-22(10-12)26(24,25)16-5-6-17-14(8-16)9-18(21-17)19(23)20-15-3-4-15/h5-6,8-9,12-13,15,21H,3-4,7,10-11H2,1-2H3,(H,20,23). The number of hydrogen-bond acceptors (Lipinski definition) is 3. The van der Waals surface area contributed by atoms with Crippen LogP contribution < -0.4 is 5.32 Å². The van der Waals surface area contributed by atoms with Crippen LogP contribution in [0.1, 0.15) is 43.6 Å². The number of carbonyl (C=O) groups is 1. The van der Waals surface area contributed by atoms with Gasteiger partial charge in [0.2, 0.25) is 10.0 Å². The van der Waals surface area contributed by atoms with Gasteiger partial charge in [-0.25, -0.2) is 8.42 Å². The Kier molecular flexibility index (Phi) is 4.31. The van der Waals surface area contributed by atoms with E-state index in [4.69, 9.17) is 0 Å². The van der Waals surface area contributed by atoms with Crippen LogP contribution in [-0.2, 0) is 10.0 Å². The molecule has 7 heteroatoms. The minimum absolute atomic E-state index is 0.133. The summed E-state index contributed by atoms with van der Waals surface area (Å²) in [5.74, 6) is 0.594. The molecule has 1 amide bonds. The van der Waals surface area contributed by atoms with E-state index in [1.165, 1.54) is 0 Å². The molecule has 2 atom stereocenters. The zero-order valence-corrected chi connectivity index (χ0v) is 16.0. The van der Waals surface area contributed by atoms with Crippen molar-refractivity contribution in [2.24, 2.45) is 11.8 Å². The Morgan fingerprint density at radius 2 is 1.85 bits per heavy atom. The fourth-order valence-electron chi connectivity index (χ4n) is 3.84. The highest BCUT2D eigenvalue weighted by atomic mass is 32.2. The van der Waals surface area contributed by atoms with Crippen molar-refractivity contribution < 1.29 is 13.2 Å². The lowest BCUT2D eigenvalue weighted by Gasteiger charge is -2.34. The molecular formula is C19H25N3O3S. The SMILES string of the molecule is CC1CC(C)CN(S(=O)(=O)c2ccc3[nH]c(C(=O)NC4CC4)cc3c2)C1. The number of nitrogens with zero attached hydrogens (tertiary/aromatic N) is 1. The van der Waals surface area contributed by atoms with Crippen LogP contribution in [0.4, 0.5) is 0 Å². The molecule has 1 aromatic carbocycles. The fourth-order valence-corrected chi connectivity index (χ4v) is 5.55. The summed E-state index contributed by atoms with van der Waals surface area (Å²) in [7, 11) is -3.52. The molecule has 2 aromatic rings. The smallest absolute Gasteiger partial charge is 0.267 e. The molecule has 1 aromatic heterocycles. The number of nitrogens with one attached hydrogen (secondary N) is 2. The molecule has 1 saturated carbocycles. The van der Waals surface area contributed by atoms with E-state index in [2.05, 4.69) is 24.1 Å². The van der Waals surface area contributed by atoms with Crippen LogP contribution in [0.2, 0.25) is 0 Å². The molecule has 2 unspecified atom stereocenters. The number of hydrogen-bond donors (Lipinski definition) is 2. The number of aromatic amines is 1. The molecular weight excluding hydrogens is 350 g/mol. The highest BCUT2D eigenvalue weighted by molar-refractivity contribution is 7.89. The molecule has 2 aliphatic rings. The molecule has 0 radical (unpaired) electrons. The largest absolute Gasteiger partial charge is 0.351 e. The Morgan fingerprint density at radius 1 is 1.15 bits per heavy atom. The van der Waals surface area contributed by atoms with Crippen molar-refractivity contribution in [1.82, 2.24) is 14.6 Å². The fraction of sp³-hybridized carbons (Fsp3) is 0.526. The van der Waals surface area contributed by atoms with Crippen molar-refractivity contribution in [3.63, 3.8) is 0 Å². The Labute approximate surface area is 154 Å². The first-order valence-electron chi connectivity index (χ1n) is 9.26. The lowest BCUT2D eigenvalue weighted by molar-refractivity contribution is 0.0947. The summed E-state index contributed by atoms with van der Waals surface area (Å²) in [5.41, 5.74) is 1.24. The van der Waals surface area contributed by atoms with Gasteiger partial charge in [0.25, 0.3) is 5.91 Å². The van der Waals surface area contributed by atoms with Gasteiger partial charge in [-0.3, -0.25) is 4.79 Å². The maximum absolute atomic E-state index is 13.1. The zero-order valence-electron chi connectivity index (χ0n) is 15.2. The minimum Gasteiger partial charge on any atom is -0.351 e. The van der Waals surface area contributed by atoms with Crippen LogP contribution in [-0.4, -0.2) is 42.7 Å². The summed E-state index contributed by atoms with van der Waals surface area (Å²) in [6.07, 6.45) is 3.12. The highest BCUT2D eigenvalue weighted by Gasteiger charge is 2.32. The van der Waals surface area contributed by atoms with E-state index >= 15 is 0 Å². The van der Waals surface area contributed by atoms with Gasteiger partial charge in [0.1, 0.15) is 5.69 Å². The van der Waals surface area contributed by atoms with Crippen LogP contribution in [0.25, 0.3) is 10.9 Å².